The van der Waals surface area contributed by atoms with Gasteiger partial charge in [-0.25, -0.2) is 0 Å². The largest absolute Gasteiger partial charge is 0.493 e. The molecule has 0 spiro atoms. The Morgan fingerprint density at radius 1 is 1.04 bits per heavy atom. The van der Waals surface area contributed by atoms with Crippen LogP contribution in [0.15, 0.2) is 42.5 Å². The molecule has 1 N–H and O–H groups in total. The van der Waals surface area contributed by atoms with E-state index in [1.54, 1.807) is 14.2 Å². The van der Waals surface area contributed by atoms with Crippen molar-refractivity contribution in [1.29, 1.82) is 0 Å². The number of amides is 1. The van der Waals surface area contributed by atoms with Gasteiger partial charge in [0.05, 0.1) is 14.2 Å². The van der Waals surface area contributed by atoms with Crippen molar-refractivity contribution in [3.05, 3.63) is 53.6 Å². The molecule has 0 aliphatic rings. The normalized spacial score (nSPS) is 12.4. The Labute approximate surface area is 156 Å². The Balaban J connectivity index is 2.12. The molecule has 2 aromatic rings. The van der Waals surface area contributed by atoms with Gasteiger partial charge < -0.3 is 14.8 Å². The minimum Gasteiger partial charge on any atom is -0.493 e. The fourth-order valence-corrected chi connectivity index (χ4v) is 2.96. The summed E-state index contributed by atoms with van der Waals surface area (Å²) in [5.74, 6) is 1.21. The van der Waals surface area contributed by atoms with E-state index < -0.39 is 0 Å². The van der Waals surface area contributed by atoms with E-state index in [0.29, 0.717) is 17.9 Å². The van der Waals surface area contributed by atoms with Crippen LogP contribution in [0, 0.1) is 5.92 Å². The number of carbonyl (C=O) groups is 1. The highest BCUT2D eigenvalue weighted by atomic mass is 16.5. The Morgan fingerprint density at radius 3 is 2.31 bits per heavy atom. The van der Waals surface area contributed by atoms with Crippen LogP contribution in [-0.4, -0.2) is 20.1 Å². The maximum Gasteiger partial charge on any atom is 0.227 e. The van der Waals surface area contributed by atoms with E-state index in [4.69, 9.17) is 9.47 Å². The van der Waals surface area contributed by atoms with Gasteiger partial charge in [-0.05, 0) is 41.2 Å². The first-order chi connectivity index (χ1) is 12.3. The molecule has 4 nitrogen and oxygen atoms in total. The number of ether oxygens (including phenoxy) is 2. The number of methoxy groups -OCH3 is 2. The lowest BCUT2D eigenvalue weighted by molar-refractivity contribution is -0.119. The number of rotatable bonds is 6. The molecule has 0 aliphatic carbocycles. The first kappa shape index (κ1) is 19.8. The van der Waals surface area contributed by atoms with Gasteiger partial charge in [0.15, 0.2) is 11.5 Å². The van der Waals surface area contributed by atoms with Crippen molar-refractivity contribution in [2.24, 2.45) is 5.92 Å². The number of anilines is 1. The zero-order valence-corrected chi connectivity index (χ0v) is 16.6. The number of hydrogen-bond donors (Lipinski definition) is 1. The van der Waals surface area contributed by atoms with Crippen molar-refractivity contribution >= 4 is 11.6 Å². The van der Waals surface area contributed by atoms with E-state index in [9.17, 15) is 4.79 Å². The molecule has 1 unspecified atom stereocenters. The highest BCUT2D eigenvalue weighted by Crippen LogP contribution is 2.31. The van der Waals surface area contributed by atoms with Gasteiger partial charge in [-0.15, -0.1) is 0 Å². The molecule has 0 aromatic heterocycles. The van der Waals surface area contributed by atoms with Gasteiger partial charge in [0.25, 0.3) is 0 Å². The molecule has 0 bridgehead atoms. The number of carbonyl (C=O) groups excluding carboxylic acids is 1. The second kappa shape index (κ2) is 8.26. The molecular formula is C22H29NO3. The molecular weight excluding hydrogens is 326 g/mol. The molecule has 26 heavy (non-hydrogen) atoms. The number of hydrogen-bond acceptors (Lipinski definition) is 3. The number of para-hydroxylation sites is 1. The van der Waals surface area contributed by atoms with Crippen LogP contribution >= 0.6 is 0 Å². The quantitative estimate of drug-likeness (QED) is 0.808. The summed E-state index contributed by atoms with van der Waals surface area (Å²) in [4.78, 5) is 12.7. The summed E-state index contributed by atoms with van der Waals surface area (Å²) in [6.07, 6.45) is 0.629. The SMILES string of the molecule is COc1ccc(CC(C)C(=O)Nc2ccccc2C(C)(C)C)cc1OC. The second-order valence-electron chi connectivity index (χ2n) is 7.58. The van der Waals surface area contributed by atoms with E-state index in [0.717, 1.165) is 16.8 Å². The van der Waals surface area contributed by atoms with Crippen LogP contribution in [0.3, 0.4) is 0 Å². The second-order valence-corrected chi connectivity index (χ2v) is 7.58. The minimum atomic E-state index is -0.166. The third-order valence-electron chi connectivity index (χ3n) is 4.43. The molecule has 0 aliphatic heterocycles. The molecule has 0 heterocycles. The highest BCUT2D eigenvalue weighted by molar-refractivity contribution is 5.93. The van der Waals surface area contributed by atoms with Gasteiger partial charge in [0, 0.05) is 11.6 Å². The van der Waals surface area contributed by atoms with Crippen LogP contribution in [0.1, 0.15) is 38.8 Å². The Bertz CT molecular complexity index is 762. The third-order valence-corrected chi connectivity index (χ3v) is 4.43. The van der Waals surface area contributed by atoms with E-state index >= 15 is 0 Å². The molecule has 140 valence electrons. The first-order valence-electron chi connectivity index (χ1n) is 8.87. The summed E-state index contributed by atoms with van der Waals surface area (Å²) >= 11 is 0. The van der Waals surface area contributed by atoms with Crippen LogP contribution in [-0.2, 0) is 16.6 Å². The summed E-state index contributed by atoms with van der Waals surface area (Å²) in [5.41, 5.74) is 3.02. The van der Waals surface area contributed by atoms with E-state index in [2.05, 4.69) is 32.2 Å². The predicted molar refractivity (Wildman–Crippen MR) is 106 cm³/mol. The highest BCUT2D eigenvalue weighted by Gasteiger charge is 2.21. The molecule has 0 radical (unpaired) electrons. The average molecular weight is 355 g/mol. The lowest BCUT2D eigenvalue weighted by Crippen LogP contribution is -2.24. The maximum absolute atomic E-state index is 12.7. The third kappa shape index (κ3) is 4.78. The fraction of sp³-hybridized carbons (Fsp3) is 0.409. The van der Waals surface area contributed by atoms with Crippen molar-refractivity contribution in [2.45, 2.75) is 39.5 Å². The zero-order chi connectivity index (χ0) is 19.3. The first-order valence-corrected chi connectivity index (χ1v) is 8.87. The van der Waals surface area contributed by atoms with Crippen LogP contribution in [0.5, 0.6) is 11.5 Å². The minimum absolute atomic E-state index is 0.0106. The summed E-state index contributed by atoms with van der Waals surface area (Å²) in [6.45, 7) is 8.37. The van der Waals surface area contributed by atoms with Gasteiger partial charge in [0.2, 0.25) is 5.91 Å². The summed E-state index contributed by atoms with van der Waals surface area (Å²) < 4.78 is 10.6. The molecule has 0 saturated carbocycles. The predicted octanol–water partition coefficient (Wildman–Crippen LogP) is 4.82. The Kier molecular flexibility index (Phi) is 6.30. The summed E-state index contributed by atoms with van der Waals surface area (Å²) in [6, 6.07) is 13.7. The lowest BCUT2D eigenvalue weighted by atomic mass is 9.85. The van der Waals surface area contributed by atoms with Crippen molar-refractivity contribution < 1.29 is 14.3 Å². The average Bonchev–Trinajstić information content (AvgIpc) is 2.61. The van der Waals surface area contributed by atoms with Crippen molar-refractivity contribution in [2.75, 3.05) is 19.5 Å². The van der Waals surface area contributed by atoms with Gasteiger partial charge in [-0.2, -0.15) is 0 Å². The monoisotopic (exact) mass is 355 g/mol. The van der Waals surface area contributed by atoms with Crippen molar-refractivity contribution in [3.63, 3.8) is 0 Å². The fourth-order valence-electron chi connectivity index (χ4n) is 2.96. The molecule has 1 amide bonds. The number of benzene rings is 2. The van der Waals surface area contributed by atoms with Crippen LogP contribution < -0.4 is 14.8 Å². The van der Waals surface area contributed by atoms with E-state index in [-0.39, 0.29) is 17.2 Å². The lowest BCUT2D eigenvalue weighted by Gasteiger charge is -2.24. The van der Waals surface area contributed by atoms with Crippen LogP contribution in [0.4, 0.5) is 5.69 Å². The molecule has 0 saturated heterocycles. The summed E-state index contributed by atoms with van der Waals surface area (Å²) in [5, 5.41) is 3.09. The van der Waals surface area contributed by atoms with Gasteiger partial charge >= 0.3 is 0 Å². The van der Waals surface area contributed by atoms with E-state index in [1.165, 1.54) is 0 Å². The standard InChI is InChI=1S/C22H29NO3/c1-15(13-16-11-12-19(25-5)20(14-16)26-6)21(24)23-18-10-8-7-9-17(18)22(2,3)4/h7-12,14-15H,13H2,1-6H3,(H,23,24). The topological polar surface area (TPSA) is 47.6 Å². The molecule has 2 rings (SSSR count). The smallest absolute Gasteiger partial charge is 0.227 e. The van der Waals surface area contributed by atoms with Gasteiger partial charge in [0.1, 0.15) is 0 Å². The van der Waals surface area contributed by atoms with Crippen LogP contribution in [0.25, 0.3) is 0 Å². The van der Waals surface area contributed by atoms with Crippen molar-refractivity contribution in [3.8, 4) is 11.5 Å². The summed E-state index contributed by atoms with van der Waals surface area (Å²) in [7, 11) is 3.22. The van der Waals surface area contributed by atoms with Crippen molar-refractivity contribution in [1.82, 2.24) is 0 Å². The molecule has 0 fully saturated rings. The molecule has 2 aromatic carbocycles. The van der Waals surface area contributed by atoms with Crippen LogP contribution in [0.2, 0.25) is 0 Å². The zero-order valence-electron chi connectivity index (χ0n) is 16.6. The Hall–Kier alpha value is -2.49. The maximum atomic E-state index is 12.7. The number of nitrogens with one attached hydrogen (secondary N) is 1. The van der Waals surface area contributed by atoms with E-state index in [1.807, 2.05) is 43.3 Å². The molecule has 1 atom stereocenters. The Morgan fingerprint density at radius 2 is 1.69 bits per heavy atom. The van der Waals surface area contributed by atoms with Gasteiger partial charge in [-0.3, -0.25) is 4.79 Å². The van der Waals surface area contributed by atoms with Gasteiger partial charge in [-0.1, -0.05) is 52.0 Å². The molecule has 4 heteroatoms.